The zero-order chi connectivity index (χ0) is 40.4. The standard InChI is InChI=1S/C36H44N2O4S2.C12H9N/c1-27(2)30(25-37-26-43)21-20-28-13-12-14-29(36(28)42-31-15-6-5-7-16-31)22-23-35-33(18-10-11-24-44(39,40)41)32-17-8-9-19-34(32)38(35,3)4;1-2-4-10-9(3-1)5-6-12-11(10)7-8-13-12/h5-9,15-17,19-23,27,30,33H,10-14,18,24-25H2,1-4H3;1-6,8H,7H2/p+1. The van der Waals surface area contributed by atoms with Gasteiger partial charge in [-0.25, -0.2) is 4.99 Å². The van der Waals surface area contributed by atoms with Gasteiger partial charge < -0.3 is 4.74 Å². The fourth-order valence-electron chi connectivity index (χ4n) is 8.13. The van der Waals surface area contributed by atoms with Gasteiger partial charge in [0.1, 0.15) is 22.9 Å². The predicted molar refractivity (Wildman–Crippen MR) is 240 cm³/mol. The lowest BCUT2D eigenvalue weighted by Gasteiger charge is -2.27. The number of isothiocyanates is 1. The average molecular weight is 801 g/mol. The molecule has 1 N–H and O–H groups in total. The van der Waals surface area contributed by atoms with Crippen LogP contribution in [0.1, 0.15) is 69.4 Å². The van der Waals surface area contributed by atoms with Crippen LogP contribution >= 0.6 is 12.2 Å². The number of thiocarbonyl (C=S) groups is 1. The maximum absolute atomic E-state index is 11.3. The Kier molecular flexibility index (Phi) is 14.0. The molecule has 296 valence electrons. The zero-order valence-electron chi connectivity index (χ0n) is 33.5. The van der Waals surface area contributed by atoms with E-state index in [1.54, 1.807) is 0 Å². The highest BCUT2D eigenvalue weighted by Crippen LogP contribution is 2.49. The maximum Gasteiger partial charge on any atom is 0.264 e. The lowest BCUT2D eigenvalue weighted by atomic mass is 9.89. The molecule has 1 aliphatic carbocycles. The Hall–Kier alpha value is -4.76. The van der Waals surface area contributed by atoms with Crippen molar-refractivity contribution >= 4 is 55.9 Å². The molecule has 0 saturated carbocycles. The van der Waals surface area contributed by atoms with Gasteiger partial charge in [-0.05, 0) is 120 Å². The first-order chi connectivity index (χ1) is 27.5. The van der Waals surface area contributed by atoms with Gasteiger partial charge in [-0.15, -0.1) is 0 Å². The van der Waals surface area contributed by atoms with Crippen molar-refractivity contribution in [3.8, 4) is 5.75 Å². The van der Waals surface area contributed by atoms with Crippen LogP contribution in [0.15, 0.2) is 148 Å². The van der Waals surface area contributed by atoms with Crippen molar-refractivity contribution in [1.82, 2.24) is 4.48 Å². The highest BCUT2D eigenvalue weighted by atomic mass is 32.2. The summed E-state index contributed by atoms with van der Waals surface area (Å²) in [4.78, 5) is 8.54. The van der Waals surface area contributed by atoms with E-state index in [-0.39, 0.29) is 17.6 Å². The molecular weight excluding hydrogens is 747 g/mol. The number of rotatable bonds is 13. The topological polar surface area (TPSA) is 88.3 Å². The number of likely N-dealkylation sites (N-methyl/N-ethyl adjacent to an activating group) is 1. The van der Waals surface area contributed by atoms with Gasteiger partial charge >= 0.3 is 0 Å². The number of para-hydroxylation sites is 2. The van der Waals surface area contributed by atoms with Gasteiger partial charge in [0.05, 0.1) is 43.2 Å². The third kappa shape index (κ3) is 10.6. The first-order valence-corrected chi connectivity index (χ1v) is 22.0. The smallest absolute Gasteiger partial charge is 0.264 e. The minimum atomic E-state index is -3.96. The van der Waals surface area contributed by atoms with E-state index in [4.69, 9.17) is 17.0 Å². The van der Waals surface area contributed by atoms with Crippen LogP contribution in [0.4, 0.5) is 11.4 Å². The van der Waals surface area contributed by atoms with Gasteiger partial charge in [0, 0.05) is 18.2 Å². The second-order valence-corrected chi connectivity index (χ2v) is 17.5. The predicted octanol–water partition coefficient (Wildman–Crippen LogP) is 11.8. The van der Waals surface area contributed by atoms with E-state index in [9.17, 15) is 13.0 Å². The Labute approximate surface area is 344 Å². The highest BCUT2D eigenvalue weighted by Gasteiger charge is 2.43. The molecule has 9 heteroatoms. The molecule has 2 heterocycles. The van der Waals surface area contributed by atoms with Crippen LogP contribution in [0.2, 0.25) is 0 Å². The van der Waals surface area contributed by atoms with Gasteiger partial charge in [0.2, 0.25) is 0 Å². The molecule has 2 aliphatic heterocycles. The van der Waals surface area contributed by atoms with E-state index < -0.39 is 10.1 Å². The van der Waals surface area contributed by atoms with E-state index in [0.29, 0.717) is 29.8 Å². The van der Waals surface area contributed by atoms with E-state index in [0.717, 1.165) is 54.9 Å². The number of aliphatic imine (C=N–C) groups is 2. The van der Waals surface area contributed by atoms with Crippen LogP contribution in [-0.2, 0) is 16.5 Å². The first-order valence-electron chi connectivity index (χ1n) is 20.0. The molecule has 7 rings (SSSR count). The van der Waals surface area contributed by atoms with E-state index in [1.807, 2.05) is 36.5 Å². The molecule has 0 bridgehead atoms. The number of fused-ring (bicyclic) bond motifs is 4. The summed E-state index contributed by atoms with van der Waals surface area (Å²) in [5, 5.41) is 5.16. The number of nitrogens with zero attached hydrogens (tertiary/aromatic N) is 3. The third-order valence-electron chi connectivity index (χ3n) is 11.3. The monoisotopic (exact) mass is 800 g/mol. The van der Waals surface area contributed by atoms with Crippen LogP contribution in [0.3, 0.4) is 0 Å². The van der Waals surface area contributed by atoms with E-state index >= 15 is 0 Å². The maximum atomic E-state index is 11.3. The van der Waals surface area contributed by atoms with E-state index in [1.165, 1.54) is 38.9 Å². The fraction of sp³-hybridized carbons (Fsp3) is 0.333. The van der Waals surface area contributed by atoms with E-state index in [2.05, 4.69) is 128 Å². The zero-order valence-corrected chi connectivity index (χ0v) is 35.1. The lowest BCUT2D eigenvalue weighted by Crippen LogP contribution is -2.36. The van der Waals surface area contributed by atoms with Gasteiger partial charge in [-0.2, -0.15) is 8.42 Å². The van der Waals surface area contributed by atoms with Gasteiger partial charge in [-0.3, -0.25) is 14.0 Å². The Balaban J connectivity index is 0.000000350. The SMILES string of the molecule is C1=Nc2ccc3ccccc3c2C1.CC(C)C(C=CC1=C(Oc2ccccc2)C(=CC=C2C(CCCCS(=O)(=O)O)c3ccccc3[N+]2(C)C)CCC1)CN=C=S. The number of unbranched alkanes of at least 4 members (excludes halogenated alkanes) is 1. The summed E-state index contributed by atoms with van der Waals surface area (Å²) in [6.07, 6.45) is 16.7. The second kappa shape index (κ2) is 19.1. The Bertz CT molecular complexity index is 2370. The number of allylic oxidation sites excluding steroid dienone is 6. The van der Waals surface area contributed by atoms with Crippen molar-refractivity contribution in [3.05, 3.63) is 149 Å². The average Bonchev–Trinajstić information content (AvgIpc) is 3.77. The molecule has 0 fully saturated rings. The van der Waals surface area contributed by atoms with Crippen LogP contribution in [0, 0.1) is 11.8 Å². The lowest BCUT2D eigenvalue weighted by molar-refractivity contribution is 0.415. The number of benzene rings is 4. The Morgan fingerprint density at radius 3 is 2.49 bits per heavy atom. The summed E-state index contributed by atoms with van der Waals surface area (Å²) in [6.45, 7) is 5.01. The molecule has 4 aromatic carbocycles. The summed E-state index contributed by atoms with van der Waals surface area (Å²) in [7, 11) is 0.457. The molecule has 0 amide bonds. The van der Waals surface area contributed by atoms with Crippen LogP contribution < -0.4 is 9.22 Å². The highest BCUT2D eigenvalue weighted by molar-refractivity contribution is 7.85. The Morgan fingerprint density at radius 1 is 0.965 bits per heavy atom. The number of ether oxygens (including phenoxy) is 1. The number of quaternary nitrogens is 1. The minimum Gasteiger partial charge on any atom is -0.457 e. The molecule has 0 spiro atoms. The molecule has 57 heavy (non-hydrogen) atoms. The molecule has 7 nitrogen and oxygen atoms in total. The molecule has 2 atom stereocenters. The summed E-state index contributed by atoms with van der Waals surface area (Å²) in [5.74, 6) is 2.32. The van der Waals surface area contributed by atoms with Gasteiger partial charge in [-0.1, -0.05) is 99.2 Å². The third-order valence-corrected chi connectivity index (χ3v) is 12.2. The van der Waals surface area contributed by atoms with Crippen molar-refractivity contribution in [1.29, 1.82) is 0 Å². The van der Waals surface area contributed by atoms with Gasteiger partial charge in [0.25, 0.3) is 10.1 Å². The molecule has 0 aromatic heterocycles. The van der Waals surface area contributed by atoms with Crippen LogP contribution in [0.5, 0.6) is 5.75 Å². The minimum absolute atomic E-state index is 0.151. The van der Waals surface area contributed by atoms with Crippen molar-refractivity contribution in [3.63, 3.8) is 0 Å². The van der Waals surface area contributed by atoms with Crippen molar-refractivity contribution in [2.75, 3.05) is 26.4 Å². The number of hydrogen-bond donors (Lipinski definition) is 1. The van der Waals surface area contributed by atoms with Gasteiger partial charge in [0.15, 0.2) is 0 Å². The summed E-state index contributed by atoms with van der Waals surface area (Å²) < 4.78 is 39.1. The molecular formula is C48H54N3O4S2+. The summed E-state index contributed by atoms with van der Waals surface area (Å²) >= 11 is 4.82. The van der Waals surface area contributed by atoms with Crippen molar-refractivity contribution in [2.45, 2.75) is 64.7 Å². The molecule has 0 radical (unpaired) electrons. The van der Waals surface area contributed by atoms with Crippen LogP contribution in [-0.4, -0.2) is 50.7 Å². The molecule has 0 saturated heterocycles. The largest absolute Gasteiger partial charge is 0.457 e. The molecule has 3 aliphatic rings. The fourth-order valence-corrected chi connectivity index (χ4v) is 8.78. The molecule has 4 aromatic rings. The van der Waals surface area contributed by atoms with Crippen LogP contribution in [0.25, 0.3) is 10.8 Å². The summed E-state index contributed by atoms with van der Waals surface area (Å²) in [5.41, 5.74) is 8.62. The quantitative estimate of drug-likeness (QED) is 0.0478. The van der Waals surface area contributed by atoms with Crippen molar-refractivity contribution in [2.24, 2.45) is 21.8 Å². The summed E-state index contributed by atoms with van der Waals surface area (Å²) in [6, 6.07) is 31.2. The first kappa shape index (κ1) is 41.9. The number of hydrogen-bond acceptors (Lipinski definition) is 6. The second-order valence-electron chi connectivity index (χ2n) is 15.8. The Morgan fingerprint density at radius 2 is 1.72 bits per heavy atom. The van der Waals surface area contributed by atoms with Crippen molar-refractivity contribution < 1.29 is 17.7 Å². The normalized spacial score (nSPS) is 19.1. The molecule has 2 unspecified atom stereocenters.